The third-order valence-electron chi connectivity index (χ3n) is 12.4. The second kappa shape index (κ2) is 11.9. The van der Waals surface area contributed by atoms with Gasteiger partial charge in [0.05, 0.1) is 55.5 Å². The maximum atomic E-state index is 3.98. The van der Waals surface area contributed by atoms with Crippen molar-refractivity contribution in [2.24, 2.45) is 0 Å². The molecule has 12 aromatic rings. The van der Waals surface area contributed by atoms with Crippen LogP contribution in [0.3, 0.4) is 0 Å². The number of nitrogens with zero attached hydrogens (tertiary/aromatic N) is 4. The Morgan fingerprint density at radius 2 is 0.707 bits per heavy atom. The van der Waals surface area contributed by atoms with Crippen LogP contribution in [0.2, 0.25) is 0 Å². The van der Waals surface area contributed by atoms with E-state index >= 15 is 0 Å². The summed E-state index contributed by atoms with van der Waals surface area (Å²) < 4.78 is 9.80. The summed E-state index contributed by atoms with van der Waals surface area (Å²) in [5.74, 6) is 1.05. The normalized spacial score (nSPS) is 14.6. The lowest BCUT2D eigenvalue weighted by atomic mass is 10.1. The first kappa shape index (κ1) is 31.4. The van der Waals surface area contributed by atoms with E-state index in [9.17, 15) is 0 Å². The van der Waals surface area contributed by atoms with Gasteiger partial charge >= 0.3 is 0 Å². The summed E-state index contributed by atoms with van der Waals surface area (Å²) in [5.41, 5.74) is 11.9. The highest BCUT2D eigenvalue weighted by Gasteiger charge is 2.25. The summed E-state index contributed by atoms with van der Waals surface area (Å²) in [6.45, 7) is 0. The van der Waals surface area contributed by atoms with Crippen LogP contribution < -0.4 is 5.32 Å². The monoisotopic (exact) mass is 741 g/mol. The molecule has 0 bridgehead atoms. The fraction of sp³-hybridized carbons (Fsp3) is 0.0189. The molecule has 272 valence electrons. The number of hydrogen-bond acceptors (Lipinski definition) is 1. The number of allylic oxidation sites excluding steroid dienone is 2. The number of benzene rings is 8. The average Bonchev–Trinajstić information content (AvgIpc) is 4.02. The molecule has 1 aliphatic rings. The lowest BCUT2D eigenvalue weighted by Crippen LogP contribution is -2.28. The maximum Gasteiger partial charge on any atom is 0.124 e. The molecule has 1 atom stereocenters. The summed E-state index contributed by atoms with van der Waals surface area (Å²) >= 11 is 0. The molecule has 5 heterocycles. The van der Waals surface area contributed by atoms with Crippen molar-refractivity contribution in [1.29, 1.82) is 0 Å². The lowest BCUT2D eigenvalue weighted by molar-refractivity contribution is 0.577. The second-order valence-corrected chi connectivity index (χ2v) is 15.3. The van der Waals surface area contributed by atoms with Gasteiger partial charge in [-0.1, -0.05) is 127 Å². The van der Waals surface area contributed by atoms with Gasteiger partial charge in [0.25, 0.3) is 0 Å². The van der Waals surface area contributed by atoms with E-state index in [0.717, 1.165) is 11.5 Å². The minimum Gasteiger partial charge on any atom is -0.347 e. The number of dihydropyridines is 1. The number of rotatable bonds is 4. The van der Waals surface area contributed by atoms with Gasteiger partial charge in [0, 0.05) is 43.1 Å². The molecule has 8 aromatic carbocycles. The Morgan fingerprint density at radius 1 is 0.328 bits per heavy atom. The van der Waals surface area contributed by atoms with Crippen LogP contribution in [0.15, 0.2) is 200 Å². The van der Waals surface area contributed by atoms with Gasteiger partial charge in [-0.05, 0) is 72.8 Å². The van der Waals surface area contributed by atoms with Crippen LogP contribution >= 0.6 is 0 Å². The van der Waals surface area contributed by atoms with Gasteiger partial charge in [0.15, 0.2) is 0 Å². The van der Waals surface area contributed by atoms with Crippen LogP contribution in [0, 0.1) is 0 Å². The zero-order valence-electron chi connectivity index (χ0n) is 31.4. The topological polar surface area (TPSA) is 31.8 Å². The Bertz CT molecular complexity index is 3630. The Morgan fingerprint density at radius 3 is 1.26 bits per heavy atom. The van der Waals surface area contributed by atoms with E-state index in [2.05, 4.69) is 224 Å². The predicted octanol–water partition coefficient (Wildman–Crippen LogP) is 13.3. The fourth-order valence-corrected chi connectivity index (χ4v) is 10.1. The number of hydrogen-bond donors (Lipinski definition) is 1. The first-order valence-corrected chi connectivity index (χ1v) is 20.0. The summed E-state index contributed by atoms with van der Waals surface area (Å²) in [4.78, 5) is 0. The van der Waals surface area contributed by atoms with E-state index in [1.54, 1.807) is 0 Å². The minimum absolute atomic E-state index is 0.127. The first-order chi connectivity index (χ1) is 28.8. The van der Waals surface area contributed by atoms with Gasteiger partial charge in [0.2, 0.25) is 0 Å². The van der Waals surface area contributed by atoms with E-state index in [1.165, 1.54) is 92.9 Å². The van der Waals surface area contributed by atoms with Crippen LogP contribution in [0.25, 0.3) is 104 Å². The number of para-hydroxylation sites is 6. The molecule has 5 heteroatoms. The molecule has 0 radical (unpaired) electrons. The molecule has 0 saturated carbocycles. The van der Waals surface area contributed by atoms with E-state index in [-0.39, 0.29) is 6.17 Å². The van der Waals surface area contributed by atoms with E-state index in [1.807, 2.05) is 0 Å². The molecule has 0 amide bonds. The quantitative estimate of drug-likeness (QED) is 0.191. The fourth-order valence-electron chi connectivity index (χ4n) is 10.1. The third kappa shape index (κ3) is 4.19. The molecular weight excluding hydrogens is 707 g/mol. The van der Waals surface area contributed by atoms with Crippen molar-refractivity contribution in [1.82, 2.24) is 23.6 Å². The highest BCUT2D eigenvalue weighted by molar-refractivity contribution is 6.19. The highest BCUT2D eigenvalue weighted by Crippen LogP contribution is 2.43. The molecule has 0 aliphatic carbocycles. The molecule has 1 N–H and O–H groups in total. The van der Waals surface area contributed by atoms with Crippen molar-refractivity contribution in [3.63, 3.8) is 0 Å². The van der Waals surface area contributed by atoms with E-state index < -0.39 is 0 Å². The molecule has 4 aromatic heterocycles. The zero-order chi connectivity index (χ0) is 37.9. The van der Waals surface area contributed by atoms with Crippen molar-refractivity contribution >= 4 is 93.0 Å². The SMILES string of the molecule is C1=CC(n2c3ccccc3c3c(-n4c5ccccc5c5c(-n6c7ccccc7c7ccccc76)cccc54)cccc32)NC(n2c3ccccc3c3ccccc32)=C1. The zero-order valence-corrected chi connectivity index (χ0v) is 31.4. The number of fused-ring (bicyclic) bond motifs is 12. The molecule has 1 unspecified atom stereocenters. The Labute approximate surface area is 333 Å². The predicted molar refractivity (Wildman–Crippen MR) is 243 cm³/mol. The van der Waals surface area contributed by atoms with Crippen LogP contribution in [0.4, 0.5) is 0 Å². The van der Waals surface area contributed by atoms with Crippen molar-refractivity contribution in [2.45, 2.75) is 6.17 Å². The molecular formula is C53H35N5. The number of aromatic nitrogens is 4. The molecule has 5 nitrogen and oxygen atoms in total. The van der Waals surface area contributed by atoms with Crippen molar-refractivity contribution in [2.75, 3.05) is 0 Å². The molecule has 13 rings (SSSR count). The van der Waals surface area contributed by atoms with Gasteiger partial charge < -0.3 is 19.0 Å². The van der Waals surface area contributed by atoms with Crippen molar-refractivity contribution in [3.8, 4) is 11.4 Å². The molecule has 0 spiro atoms. The van der Waals surface area contributed by atoms with Crippen molar-refractivity contribution in [3.05, 3.63) is 200 Å². The summed E-state index contributed by atoms with van der Waals surface area (Å²) in [5, 5.41) is 13.9. The summed E-state index contributed by atoms with van der Waals surface area (Å²) in [6, 6.07) is 66.3. The third-order valence-corrected chi connectivity index (χ3v) is 12.4. The van der Waals surface area contributed by atoms with Gasteiger partial charge in [-0.2, -0.15) is 0 Å². The van der Waals surface area contributed by atoms with Crippen LogP contribution in [0.5, 0.6) is 0 Å². The van der Waals surface area contributed by atoms with Crippen LogP contribution in [0.1, 0.15) is 6.17 Å². The smallest absolute Gasteiger partial charge is 0.124 e. The van der Waals surface area contributed by atoms with Gasteiger partial charge in [-0.3, -0.25) is 4.57 Å². The van der Waals surface area contributed by atoms with E-state index in [4.69, 9.17) is 0 Å². The average molecular weight is 742 g/mol. The van der Waals surface area contributed by atoms with Crippen LogP contribution in [-0.2, 0) is 0 Å². The molecule has 0 fully saturated rings. The standard InChI is InChI=1S/C53H35N5/c1-7-22-40-34(16-1)35-17-2-8-23-41(35)55(40)46-28-13-29-47-52(46)38-20-5-11-26-44(38)56(47)48-30-14-31-49-53(48)39-21-6-12-27-45(39)58(49)51-33-15-32-50(54-51)57-42-24-9-3-18-36(42)37-19-4-10-25-43(37)57/h1-33,51,54H. The van der Waals surface area contributed by atoms with Gasteiger partial charge in [-0.15, -0.1) is 0 Å². The minimum atomic E-state index is -0.127. The van der Waals surface area contributed by atoms with Gasteiger partial charge in [0.1, 0.15) is 12.0 Å². The second-order valence-electron chi connectivity index (χ2n) is 15.3. The van der Waals surface area contributed by atoms with Gasteiger partial charge in [-0.25, -0.2) is 0 Å². The first-order valence-electron chi connectivity index (χ1n) is 20.0. The number of nitrogens with one attached hydrogen (secondary N) is 1. The van der Waals surface area contributed by atoms with Crippen LogP contribution in [-0.4, -0.2) is 18.3 Å². The van der Waals surface area contributed by atoms with Crippen molar-refractivity contribution < 1.29 is 0 Å². The Hall–Kier alpha value is -7.76. The van der Waals surface area contributed by atoms with E-state index in [0.29, 0.717) is 0 Å². The largest absolute Gasteiger partial charge is 0.347 e. The summed E-state index contributed by atoms with van der Waals surface area (Å²) in [7, 11) is 0. The molecule has 0 saturated heterocycles. The lowest BCUT2D eigenvalue weighted by Gasteiger charge is -2.26. The molecule has 1 aliphatic heterocycles. The maximum absolute atomic E-state index is 3.98. The summed E-state index contributed by atoms with van der Waals surface area (Å²) in [6.07, 6.45) is 6.54. The Balaban J connectivity index is 1.04. The Kier molecular flexibility index (Phi) is 6.44. The molecule has 58 heavy (non-hydrogen) atoms. The highest BCUT2D eigenvalue weighted by atomic mass is 15.3.